The Kier molecular flexibility index (Phi) is 4.43. The Morgan fingerprint density at radius 3 is 2.69 bits per heavy atom. The van der Waals surface area contributed by atoms with Crippen LogP contribution in [0.15, 0.2) is 48.9 Å². The van der Waals surface area contributed by atoms with E-state index in [4.69, 9.17) is 0 Å². The summed E-state index contributed by atoms with van der Waals surface area (Å²) in [6.45, 7) is 1.63. The van der Waals surface area contributed by atoms with Gasteiger partial charge in [0.1, 0.15) is 29.1 Å². The number of aromatic nitrogens is 5. The van der Waals surface area contributed by atoms with Crippen molar-refractivity contribution in [3.8, 4) is 5.82 Å². The van der Waals surface area contributed by atoms with Crippen LogP contribution in [0.1, 0.15) is 23.1 Å². The minimum absolute atomic E-state index is 0.0854. The molecule has 0 unspecified atom stereocenters. The number of pyridine rings is 2. The number of hydrogen-bond acceptors (Lipinski definition) is 4. The van der Waals surface area contributed by atoms with Crippen LogP contribution in [0.5, 0.6) is 0 Å². The smallest absolute Gasteiger partial charge is 0.336 e. The van der Waals surface area contributed by atoms with Gasteiger partial charge >= 0.3 is 12.2 Å². The maximum atomic E-state index is 13.3. The summed E-state index contributed by atoms with van der Waals surface area (Å²) in [6, 6.07) is 6.33. The highest BCUT2D eigenvalue weighted by atomic mass is 19.4. The molecule has 5 heterocycles. The molecule has 4 aromatic rings. The SMILES string of the molecule is Cc1cc(C(F)(F)F)cc(N2C(=O)NC[C@H]2c2nccn2-c2ccc3ccn(C)c3n2)n1. The van der Waals surface area contributed by atoms with Crippen molar-refractivity contribution in [2.24, 2.45) is 7.05 Å². The van der Waals surface area contributed by atoms with Crippen molar-refractivity contribution in [1.29, 1.82) is 0 Å². The quantitative estimate of drug-likeness (QED) is 0.525. The normalized spacial score (nSPS) is 16.7. The number of urea groups is 1. The fraction of sp³-hybridized carbons (Fsp3) is 0.238. The van der Waals surface area contributed by atoms with Gasteiger partial charge < -0.3 is 9.88 Å². The van der Waals surface area contributed by atoms with Gasteiger partial charge in [-0.05, 0) is 37.3 Å². The molecular formula is C21H18F3N7O. The van der Waals surface area contributed by atoms with Crippen molar-refractivity contribution in [2.45, 2.75) is 19.1 Å². The van der Waals surface area contributed by atoms with Gasteiger partial charge in [0.25, 0.3) is 0 Å². The monoisotopic (exact) mass is 441 g/mol. The number of amides is 2. The van der Waals surface area contributed by atoms with Gasteiger partial charge in [-0.3, -0.25) is 9.47 Å². The number of hydrogen-bond donors (Lipinski definition) is 1. The lowest BCUT2D eigenvalue weighted by Gasteiger charge is -2.23. The number of rotatable bonds is 3. The summed E-state index contributed by atoms with van der Waals surface area (Å²) in [6.07, 6.45) is 0.621. The van der Waals surface area contributed by atoms with E-state index in [-0.39, 0.29) is 18.1 Å². The first-order valence-corrected chi connectivity index (χ1v) is 9.81. The van der Waals surface area contributed by atoms with Crippen LogP contribution in [0, 0.1) is 6.92 Å². The fourth-order valence-corrected chi connectivity index (χ4v) is 3.92. The average molecular weight is 441 g/mol. The summed E-state index contributed by atoms with van der Waals surface area (Å²) >= 11 is 0. The summed E-state index contributed by atoms with van der Waals surface area (Å²) in [5.41, 5.74) is 0.0693. The topological polar surface area (TPSA) is 80.9 Å². The van der Waals surface area contributed by atoms with Crippen LogP contribution in [0.4, 0.5) is 23.8 Å². The number of fused-ring (bicyclic) bond motifs is 1. The van der Waals surface area contributed by atoms with Crippen LogP contribution in [0.25, 0.3) is 16.9 Å². The molecule has 0 spiro atoms. The third kappa shape index (κ3) is 3.26. The number of carbonyl (C=O) groups is 1. The van der Waals surface area contributed by atoms with Gasteiger partial charge in [-0.1, -0.05) is 0 Å². The molecule has 0 radical (unpaired) electrons. The number of alkyl halides is 3. The zero-order valence-electron chi connectivity index (χ0n) is 17.1. The van der Waals surface area contributed by atoms with Crippen molar-refractivity contribution in [2.75, 3.05) is 11.4 Å². The lowest BCUT2D eigenvalue weighted by atomic mass is 10.2. The van der Waals surface area contributed by atoms with Crippen LogP contribution in [-0.4, -0.2) is 36.7 Å². The predicted octanol–water partition coefficient (Wildman–Crippen LogP) is 3.75. The number of nitrogens with one attached hydrogen (secondary N) is 1. The van der Waals surface area contributed by atoms with E-state index < -0.39 is 23.8 Å². The molecule has 4 aromatic heterocycles. The van der Waals surface area contributed by atoms with E-state index in [1.807, 2.05) is 36.0 Å². The van der Waals surface area contributed by atoms with E-state index >= 15 is 0 Å². The lowest BCUT2D eigenvalue weighted by molar-refractivity contribution is -0.137. The Hall–Kier alpha value is -3.89. The van der Waals surface area contributed by atoms with Crippen LogP contribution < -0.4 is 10.2 Å². The summed E-state index contributed by atoms with van der Waals surface area (Å²) in [7, 11) is 1.89. The van der Waals surface area contributed by atoms with Crippen molar-refractivity contribution in [3.63, 3.8) is 0 Å². The first-order chi connectivity index (χ1) is 15.2. The number of anilines is 1. The highest BCUT2D eigenvalue weighted by Gasteiger charge is 2.39. The van der Waals surface area contributed by atoms with Crippen LogP contribution in [0.2, 0.25) is 0 Å². The molecule has 1 aliphatic heterocycles. The first kappa shape index (κ1) is 20.0. The molecule has 0 aromatic carbocycles. The Bertz CT molecular complexity index is 1340. The average Bonchev–Trinajstić information content (AvgIpc) is 3.45. The molecule has 0 bridgehead atoms. The van der Waals surface area contributed by atoms with Gasteiger partial charge in [-0.15, -0.1) is 0 Å². The molecule has 1 aliphatic rings. The van der Waals surface area contributed by atoms with Crippen LogP contribution in [0.3, 0.4) is 0 Å². The summed E-state index contributed by atoms with van der Waals surface area (Å²) in [5, 5.41) is 3.66. The maximum absolute atomic E-state index is 13.3. The fourth-order valence-electron chi connectivity index (χ4n) is 3.92. The maximum Gasteiger partial charge on any atom is 0.416 e. The van der Waals surface area contributed by atoms with Gasteiger partial charge in [0.2, 0.25) is 0 Å². The zero-order chi connectivity index (χ0) is 22.6. The molecule has 1 N–H and O–H groups in total. The van der Waals surface area contributed by atoms with Crippen LogP contribution in [-0.2, 0) is 13.2 Å². The molecule has 1 atom stereocenters. The van der Waals surface area contributed by atoms with Crippen molar-refractivity contribution >= 4 is 22.9 Å². The number of aryl methyl sites for hydroxylation is 2. The molecule has 2 amide bonds. The number of carbonyl (C=O) groups excluding carboxylic acids is 1. The van der Waals surface area contributed by atoms with Crippen molar-refractivity contribution < 1.29 is 18.0 Å². The molecule has 1 saturated heterocycles. The Labute approximate surface area is 180 Å². The van der Waals surface area contributed by atoms with Gasteiger partial charge in [0.15, 0.2) is 0 Å². The van der Waals surface area contributed by atoms with E-state index in [1.54, 1.807) is 17.0 Å². The van der Waals surface area contributed by atoms with E-state index in [0.29, 0.717) is 11.6 Å². The minimum Gasteiger partial charge on any atom is -0.336 e. The standard InChI is InChI=1S/C21H18F3N7O/c1-12-9-14(21(22,23)24)10-17(27-12)31-15(11-26-20(31)32)19-25-6-8-30(19)16-4-3-13-5-7-29(2)18(13)28-16/h3-10,15H,11H2,1-2H3,(H,26,32)/t15-/m0/s1. The number of imidazole rings is 1. The van der Waals surface area contributed by atoms with Crippen LogP contribution >= 0.6 is 0 Å². The predicted molar refractivity (Wildman–Crippen MR) is 110 cm³/mol. The molecule has 5 rings (SSSR count). The lowest BCUT2D eigenvalue weighted by Crippen LogP contribution is -2.32. The number of nitrogens with zero attached hydrogens (tertiary/aromatic N) is 6. The van der Waals surface area contributed by atoms with Gasteiger partial charge in [0, 0.05) is 43.3 Å². The molecule has 0 saturated carbocycles. The highest BCUT2D eigenvalue weighted by molar-refractivity contribution is 5.94. The van der Waals surface area contributed by atoms with Gasteiger partial charge in [-0.2, -0.15) is 13.2 Å². The van der Waals surface area contributed by atoms with E-state index in [9.17, 15) is 18.0 Å². The van der Waals surface area contributed by atoms with Gasteiger partial charge in [0.05, 0.1) is 5.56 Å². The second kappa shape index (κ2) is 7.08. The minimum atomic E-state index is -4.55. The molecular weight excluding hydrogens is 423 g/mol. The van der Waals surface area contributed by atoms with Gasteiger partial charge in [-0.25, -0.2) is 19.7 Å². The van der Waals surface area contributed by atoms with E-state index in [0.717, 1.165) is 23.2 Å². The second-order valence-corrected chi connectivity index (χ2v) is 7.59. The first-order valence-electron chi connectivity index (χ1n) is 9.81. The summed E-state index contributed by atoms with van der Waals surface area (Å²) in [5.74, 6) is 0.957. The molecule has 32 heavy (non-hydrogen) atoms. The zero-order valence-corrected chi connectivity index (χ0v) is 17.1. The summed E-state index contributed by atoms with van der Waals surface area (Å²) in [4.78, 5) is 27.1. The molecule has 0 aliphatic carbocycles. The third-order valence-electron chi connectivity index (χ3n) is 5.41. The van der Waals surface area contributed by atoms with Crippen molar-refractivity contribution in [1.82, 2.24) is 29.4 Å². The van der Waals surface area contributed by atoms with E-state index in [1.165, 1.54) is 11.8 Å². The summed E-state index contributed by atoms with van der Waals surface area (Å²) < 4.78 is 43.7. The Morgan fingerprint density at radius 1 is 1.09 bits per heavy atom. The second-order valence-electron chi connectivity index (χ2n) is 7.59. The highest BCUT2D eigenvalue weighted by Crippen LogP contribution is 2.35. The largest absolute Gasteiger partial charge is 0.416 e. The molecule has 1 fully saturated rings. The third-order valence-corrected chi connectivity index (χ3v) is 5.41. The molecule has 11 heteroatoms. The number of halogens is 3. The Balaban J connectivity index is 1.59. The molecule has 8 nitrogen and oxygen atoms in total. The Morgan fingerprint density at radius 2 is 1.91 bits per heavy atom. The van der Waals surface area contributed by atoms with Crippen molar-refractivity contribution in [3.05, 3.63) is 66.0 Å². The molecule has 164 valence electrons. The van der Waals surface area contributed by atoms with E-state index in [2.05, 4.69) is 20.3 Å².